The van der Waals surface area contributed by atoms with Crippen molar-refractivity contribution in [1.82, 2.24) is 15.0 Å². The maximum absolute atomic E-state index is 6.58. The summed E-state index contributed by atoms with van der Waals surface area (Å²) in [5.74, 6) is 4.47. The average molecular weight is 665 g/mol. The van der Waals surface area contributed by atoms with Crippen molar-refractivity contribution in [3.8, 4) is 40.6 Å². The van der Waals surface area contributed by atoms with E-state index in [0.29, 0.717) is 53.1 Å². The first kappa shape index (κ1) is 31.7. The number of nitrogens with zero attached hydrogens (tertiary/aromatic N) is 4. The van der Waals surface area contributed by atoms with E-state index in [0.717, 1.165) is 24.8 Å². The standard InChI is InChI=1S/C42H40N4O4/c1-27-15-19-46-39(20-27)50-35-24-31-29(22-33(35)48-37-13-7-10-17-44-37)41(4,5)26-42(31)25-40(2,3)28-21-32(47-36-12-6-9-16-43-36)34(23-30(28)42)49-38-14-8-11-18-45-38/h6-9,11-16,18-24H,10,17,25-26H2,1-5H3. The van der Waals surface area contributed by atoms with Crippen LogP contribution in [0, 0.1) is 6.92 Å². The summed E-state index contributed by atoms with van der Waals surface area (Å²) in [6, 6.07) is 23.8. The van der Waals surface area contributed by atoms with Gasteiger partial charge in [-0.2, -0.15) is 0 Å². The van der Waals surface area contributed by atoms with Crippen molar-refractivity contribution in [1.29, 1.82) is 0 Å². The molecule has 1 aliphatic heterocycles. The molecule has 0 fully saturated rings. The number of pyridine rings is 3. The molecule has 1 spiro atoms. The number of hydrogen-bond donors (Lipinski definition) is 0. The van der Waals surface area contributed by atoms with Gasteiger partial charge in [0.2, 0.25) is 23.5 Å². The van der Waals surface area contributed by atoms with Crippen LogP contribution in [0.3, 0.4) is 0 Å². The van der Waals surface area contributed by atoms with Gasteiger partial charge in [0.1, 0.15) is 0 Å². The fraction of sp³-hybridized carbons (Fsp3) is 0.286. The Kier molecular flexibility index (Phi) is 7.70. The van der Waals surface area contributed by atoms with Crippen LogP contribution in [0.25, 0.3) is 0 Å². The minimum absolute atomic E-state index is 0.180. The van der Waals surface area contributed by atoms with E-state index in [1.165, 1.54) is 22.3 Å². The molecular weight excluding hydrogens is 624 g/mol. The molecule has 2 aliphatic carbocycles. The number of aromatic nitrogens is 3. The third-order valence-corrected chi connectivity index (χ3v) is 9.99. The number of dihydropyridines is 1. The van der Waals surface area contributed by atoms with Crippen molar-refractivity contribution in [3.05, 3.63) is 131 Å². The fourth-order valence-electron chi connectivity index (χ4n) is 8.02. The van der Waals surface area contributed by atoms with Gasteiger partial charge in [0.25, 0.3) is 0 Å². The van der Waals surface area contributed by atoms with Gasteiger partial charge in [-0.1, -0.05) is 45.9 Å². The number of aryl methyl sites for hydroxylation is 1. The molecule has 0 saturated heterocycles. The Morgan fingerprint density at radius 1 is 0.560 bits per heavy atom. The first-order valence-corrected chi connectivity index (χ1v) is 17.1. The number of aliphatic imine (C=N–C) groups is 1. The fourth-order valence-corrected chi connectivity index (χ4v) is 8.02. The number of ether oxygens (including phenoxy) is 4. The molecule has 4 heterocycles. The number of fused-ring (bicyclic) bond motifs is 4. The van der Waals surface area contributed by atoms with Crippen molar-refractivity contribution < 1.29 is 18.9 Å². The van der Waals surface area contributed by atoms with Crippen molar-refractivity contribution in [2.45, 2.75) is 70.1 Å². The summed E-state index contributed by atoms with van der Waals surface area (Å²) in [4.78, 5) is 18.0. The van der Waals surface area contributed by atoms with Crippen molar-refractivity contribution in [2.24, 2.45) is 4.99 Å². The molecule has 0 radical (unpaired) electrons. The lowest BCUT2D eigenvalue weighted by molar-refractivity contribution is 0.349. The number of benzene rings is 2. The molecule has 252 valence electrons. The molecule has 2 aromatic carbocycles. The lowest BCUT2D eigenvalue weighted by Gasteiger charge is -2.31. The predicted octanol–water partition coefficient (Wildman–Crippen LogP) is 9.94. The van der Waals surface area contributed by atoms with E-state index in [1.54, 1.807) is 18.6 Å². The van der Waals surface area contributed by atoms with Gasteiger partial charge < -0.3 is 18.9 Å². The maximum atomic E-state index is 6.58. The highest BCUT2D eigenvalue weighted by Gasteiger charge is 2.57. The molecule has 1 unspecified atom stereocenters. The second-order valence-electron chi connectivity index (χ2n) is 14.7. The zero-order chi connectivity index (χ0) is 34.5. The van der Waals surface area contributed by atoms with Crippen LogP contribution < -0.4 is 18.9 Å². The van der Waals surface area contributed by atoms with Crippen LogP contribution in [0.2, 0.25) is 0 Å². The number of rotatable bonds is 7. The van der Waals surface area contributed by atoms with E-state index in [2.05, 4.69) is 78.0 Å². The summed E-state index contributed by atoms with van der Waals surface area (Å²) in [6.07, 6.45) is 11.9. The van der Waals surface area contributed by atoms with Gasteiger partial charge in [0, 0.05) is 48.7 Å². The van der Waals surface area contributed by atoms with E-state index in [-0.39, 0.29) is 16.2 Å². The Labute approximate surface area is 292 Å². The zero-order valence-electron chi connectivity index (χ0n) is 29.1. The Morgan fingerprint density at radius 2 is 1.08 bits per heavy atom. The van der Waals surface area contributed by atoms with Crippen LogP contribution in [0.4, 0.5) is 0 Å². The molecule has 3 aliphatic rings. The summed E-state index contributed by atoms with van der Waals surface area (Å²) in [7, 11) is 0. The first-order chi connectivity index (χ1) is 24.1. The van der Waals surface area contributed by atoms with Gasteiger partial charge in [0.15, 0.2) is 23.0 Å². The highest BCUT2D eigenvalue weighted by atomic mass is 16.5. The van der Waals surface area contributed by atoms with Gasteiger partial charge in [-0.05, 0) is 113 Å². The molecule has 8 rings (SSSR count). The second-order valence-corrected chi connectivity index (χ2v) is 14.7. The summed E-state index contributed by atoms with van der Waals surface area (Å²) >= 11 is 0. The van der Waals surface area contributed by atoms with Gasteiger partial charge in [-0.3, -0.25) is 4.99 Å². The van der Waals surface area contributed by atoms with E-state index in [4.69, 9.17) is 18.9 Å². The summed E-state index contributed by atoms with van der Waals surface area (Å²) in [5, 5.41) is 0. The monoisotopic (exact) mass is 664 g/mol. The predicted molar refractivity (Wildman–Crippen MR) is 193 cm³/mol. The highest BCUT2D eigenvalue weighted by Crippen LogP contribution is 2.65. The van der Waals surface area contributed by atoms with Gasteiger partial charge in [-0.15, -0.1) is 0 Å². The zero-order valence-corrected chi connectivity index (χ0v) is 29.1. The van der Waals surface area contributed by atoms with Crippen LogP contribution in [0.5, 0.6) is 40.6 Å². The third kappa shape index (κ3) is 5.78. The van der Waals surface area contributed by atoms with E-state index in [1.807, 2.05) is 61.5 Å². The molecule has 0 saturated carbocycles. The normalized spacial score (nSPS) is 19.4. The molecular formula is C42H40N4O4. The van der Waals surface area contributed by atoms with Gasteiger partial charge in [-0.25, -0.2) is 15.0 Å². The topological polar surface area (TPSA) is 88.0 Å². The molecule has 0 bridgehead atoms. The van der Waals surface area contributed by atoms with Gasteiger partial charge in [0.05, 0.1) is 0 Å². The minimum Gasteiger partial charge on any atom is -0.435 e. The van der Waals surface area contributed by atoms with Crippen molar-refractivity contribution in [2.75, 3.05) is 6.54 Å². The number of hydrogen-bond acceptors (Lipinski definition) is 8. The van der Waals surface area contributed by atoms with Crippen LogP contribution in [-0.2, 0) is 16.2 Å². The molecule has 50 heavy (non-hydrogen) atoms. The lowest BCUT2D eigenvalue weighted by Crippen LogP contribution is -2.27. The summed E-state index contributed by atoms with van der Waals surface area (Å²) in [6.45, 7) is 12.0. The molecule has 0 amide bonds. The lowest BCUT2D eigenvalue weighted by atomic mass is 9.72. The Hall–Kier alpha value is -5.50. The highest BCUT2D eigenvalue weighted by molar-refractivity contribution is 5.90. The SMILES string of the molecule is Cc1ccnc(Oc2cc3c(cc2OC2=NCCC=C2)C(C)(C)CC32CC(C)(C)c3cc(Oc4ccccn4)c(Oc4ccccn4)cc32)c1. The van der Waals surface area contributed by atoms with Crippen molar-refractivity contribution >= 4 is 5.90 Å². The summed E-state index contributed by atoms with van der Waals surface area (Å²) in [5.41, 5.74) is 5.21. The quantitative estimate of drug-likeness (QED) is 0.171. The summed E-state index contributed by atoms with van der Waals surface area (Å²) < 4.78 is 26.0. The van der Waals surface area contributed by atoms with Crippen LogP contribution in [0.1, 0.15) is 74.8 Å². The molecule has 3 aromatic heterocycles. The Morgan fingerprint density at radius 3 is 1.58 bits per heavy atom. The molecule has 8 nitrogen and oxygen atoms in total. The molecule has 8 heteroatoms. The van der Waals surface area contributed by atoms with E-state index >= 15 is 0 Å². The Bertz CT molecular complexity index is 2140. The molecule has 1 atom stereocenters. The average Bonchev–Trinajstić information content (AvgIpc) is 3.45. The van der Waals surface area contributed by atoms with Crippen LogP contribution >= 0.6 is 0 Å². The molecule has 5 aromatic rings. The maximum Gasteiger partial charge on any atom is 0.219 e. The Balaban J connectivity index is 1.31. The largest absolute Gasteiger partial charge is 0.435 e. The second kappa shape index (κ2) is 12.1. The first-order valence-electron chi connectivity index (χ1n) is 17.1. The third-order valence-electron chi connectivity index (χ3n) is 9.99. The van der Waals surface area contributed by atoms with Gasteiger partial charge >= 0.3 is 0 Å². The minimum atomic E-state index is -0.345. The molecule has 0 N–H and O–H groups in total. The van der Waals surface area contributed by atoms with Crippen molar-refractivity contribution in [3.63, 3.8) is 0 Å². The van der Waals surface area contributed by atoms with E-state index in [9.17, 15) is 0 Å². The van der Waals surface area contributed by atoms with E-state index < -0.39 is 0 Å². The van der Waals surface area contributed by atoms with Crippen LogP contribution in [-0.4, -0.2) is 27.4 Å². The smallest absolute Gasteiger partial charge is 0.219 e. The van der Waals surface area contributed by atoms with Crippen LogP contribution in [0.15, 0.2) is 109 Å².